The summed E-state index contributed by atoms with van der Waals surface area (Å²) in [6.07, 6.45) is 1.71. The second-order valence-corrected chi connectivity index (χ2v) is 6.01. The Balaban J connectivity index is 2.29. The van der Waals surface area contributed by atoms with Gasteiger partial charge in [-0.15, -0.1) is 0 Å². The molecule has 0 aromatic carbocycles. The number of rotatable bonds is 4. The van der Waals surface area contributed by atoms with Crippen LogP contribution in [0, 0.1) is 0 Å². The van der Waals surface area contributed by atoms with Crippen molar-refractivity contribution in [1.82, 2.24) is 9.97 Å². The Morgan fingerprint density at radius 3 is 3.12 bits per heavy atom. The highest BCUT2D eigenvalue weighted by Crippen LogP contribution is 2.23. The van der Waals surface area contributed by atoms with Crippen molar-refractivity contribution in [1.29, 1.82) is 0 Å². The quantitative estimate of drug-likeness (QED) is 0.841. The second-order valence-electron chi connectivity index (χ2n) is 3.13. The molecule has 4 nitrogen and oxygen atoms in total. The maximum absolute atomic E-state index is 12.0. The summed E-state index contributed by atoms with van der Waals surface area (Å²) in [6, 6.07) is 3.69. The SMILES string of the molecule is CCOC(C)S(=O)c1nc2cccnc2s1. The molecule has 86 valence electrons. The van der Waals surface area contributed by atoms with Crippen molar-refractivity contribution in [2.24, 2.45) is 0 Å². The van der Waals surface area contributed by atoms with E-state index in [-0.39, 0.29) is 5.44 Å². The molecule has 0 fully saturated rings. The van der Waals surface area contributed by atoms with E-state index in [0.29, 0.717) is 10.9 Å². The molecule has 0 aliphatic heterocycles. The van der Waals surface area contributed by atoms with Gasteiger partial charge in [0.2, 0.25) is 0 Å². The van der Waals surface area contributed by atoms with Crippen molar-refractivity contribution in [3.8, 4) is 0 Å². The fourth-order valence-corrected chi connectivity index (χ4v) is 3.62. The highest BCUT2D eigenvalue weighted by molar-refractivity contribution is 7.87. The van der Waals surface area contributed by atoms with Crippen LogP contribution in [0.4, 0.5) is 0 Å². The molecule has 0 radical (unpaired) electrons. The average molecular weight is 256 g/mol. The van der Waals surface area contributed by atoms with E-state index in [1.807, 2.05) is 19.1 Å². The molecule has 16 heavy (non-hydrogen) atoms. The highest BCUT2D eigenvalue weighted by atomic mass is 32.2. The number of ether oxygens (including phenoxy) is 1. The molecule has 0 saturated carbocycles. The first-order valence-electron chi connectivity index (χ1n) is 4.96. The van der Waals surface area contributed by atoms with Crippen LogP contribution in [0.1, 0.15) is 13.8 Å². The van der Waals surface area contributed by atoms with Gasteiger partial charge in [0.25, 0.3) is 0 Å². The summed E-state index contributed by atoms with van der Waals surface area (Å²) in [5.41, 5.74) is 0.463. The van der Waals surface area contributed by atoms with Gasteiger partial charge in [-0.25, -0.2) is 14.2 Å². The maximum Gasteiger partial charge on any atom is 0.186 e. The third-order valence-electron chi connectivity index (χ3n) is 2.02. The lowest BCUT2D eigenvalue weighted by molar-refractivity contribution is 0.133. The summed E-state index contributed by atoms with van der Waals surface area (Å²) < 4.78 is 17.9. The zero-order chi connectivity index (χ0) is 11.5. The molecule has 2 atom stereocenters. The van der Waals surface area contributed by atoms with Gasteiger partial charge >= 0.3 is 0 Å². The van der Waals surface area contributed by atoms with E-state index in [9.17, 15) is 4.21 Å². The van der Waals surface area contributed by atoms with Gasteiger partial charge in [-0.05, 0) is 26.0 Å². The van der Waals surface area contributed by atoms with E-state index in [4.69, 9.17) is 4.74 Å². The number of hydrogen-bond donors (Lipinski definition) is 0. The Bertz CT molecular complexity index is 479. The van der Waals surface area contributed by atoms with Crippen LogP contribution in [0.15, 0.2) is 22.7 Å². The first kappa shape index (κ1) is 11.6. The second kappa shape index (κ2) is 4.99. The maximum atomic E-state index is 12.0. The number of hydrogen-bond acceptors (Lipinski definition) is 5. The predicted octanol–water partition coefficient (Wildman–Crippen LogP) is 2.18. The van der Waals surface area contributed by atoms with Gasteiger partial charge in [-0.3, -0.25) is 0 Å². The first-order valence-corrected chi connectivity index (χ1v) is 6.99. The van der Waals surface area contributed by atoms with Crippen LogP contribution in [0.25, 0.3) is 10.3 Å². The van der Waals surface area contributed by atoms with Gasteiger partial charge < -0.3 is 4.74 Å². The zero-order valence-corrected chi connectivity index (χ0v) is 10.7. The van der Waals surface area contributed by atoms with Crippen molar-refractivity contribution < 1.29 is 8.95 Å². The number of pyridine rings is 1. The number of thiazole rings is 1. The summed E-state index contributed by atoms with van der Waals surface area (Å²) >= 11 is 1.36. The smallest absolute Gasteiger partial charge is 0.186 e. The Hall–Kier alpha value is -0.850. The van der Waals surface area contributed by atoms with Gasteiger partial charge in [0.1, 0.15) is 26.6 Å². The summed E-state index contributed by atoms with van der Waals surface area (Å²) in [5.74, 6) is 0. The molecule has 0 bridgehead atoms. The highest BCUT2D eigenvalue weighted by Gasteiger charge is 2.17. The number of fused-ring (bicyclic) bond motifs is 1. The van der Waals surface area contributed by atoms with Gasteiger partial charge in [-0.1, -0.05) is 11.3 Å². The molecule has 0 aliphatic carbocycles. The summed E-state index contributed by atoms with van der Waals surface area (Å²) in [7, 11) is -1.22. The zero-order valence-electron chi connectivity index (χ0n) is 9.04. The van der Waals surface area contributed by atoms with Crippen LogP contribution in [-0.4, -0.2) is 26.2 Å². The van der Waals surface area contributed by atoms with E-state index in [2.05, 4.69) is 9.97 Å². The number of nitrogens with zero attached hydrogens (tertiary/aromatic N) is 2. The fraction of sp³-hybridized carbons (Fsp3) is 0.400. The summed E-state index contributed by atoms with van der Waals surface area (Å²) in [4.78, 5) is 9.28. The van der Waals surface area contributed by atoms with E-state index in [1.54, 1.807) is 13.1 Å². The van der Waals surface area contributed by atoms with E-state index < -0.39 is 10.8 Å². The molecule has 2 aromatic heterocycles. The lowest BCUT2D eigenvalue weighted by Gasteiger charge is -2.08. The van der Waals surface area contributed by atoms with Gasteiger partial charge in [-0.2, -0.15) is 0 Å². The Morgan fingerprint density at radius 1 is 1.62 bits per heavy atom. The first-order chi connectivity index (χ1) is 7.72. The molecule has 0 N–H and O–H groups in total. The molecule has 2 rings (SSSR count). The Labute approximate surface area is 100 Å². The van der Waals surface area contributed by atoms with E-state index >= 15 is 0 Å². The minimum atomic E-state index is -1.22. The monoisotopic (exact) mass is 256 g/mol. The van der Waals surface area contributed by atoms with Gasteiger partial charge in [0.05, 0.1) is 0 Å². The summed E-state index contributed by atoms with van der Waals surface area (Å²) in [5, 5.41) is 0. The topological polar surface area (TPSA) is 52.1 Å². The third-order valence-corrected chi connectivity index (χ3v) is 4.71. The third kappa shape index (κ3) is 2.28. The van der Waals surface area contributed by atoms with Crippen LogP contribution >= 0.6 is 11.3 Å². The van der Waals surface area contributed by atoms with Crippen LogP contribution in [0.3, 0.4) is 0 Å². The lowest BCUT2D eigenvalue weighted by atomic mass is 10.5. The van der Waals surface area contributed by atoms with E-state index in [0.717, 1.165) is 10.3 Å². The van der Waals surface area contributed by atoms with E-state index in [1.165, 1.54) is 11.3 Å². The van der Waals surface area contributed by atoms with Crippen molar-refractivity contribution in [3.05, 3.63) is 18.3 Å². The van der Waals surface area contributed by atoms with Crippen molar-refractivity contribution in [2.75, 3.05) is 6.61 Å². The minimum Gasteiger partial charge on any atom is -0.365 e. The molecular weight excluding hydrogens is 244 g/mol. The molecule has 2 unspecified atom stereocenters. The standard InChI is InChI=1S/C10H12N2O2S2/c1-3-14-7(2)16(13)10-12-8-5-4-6-11-9(8)15-10/h4-7H,3H2,1-2H3. The predicted molar refractivity (Wildman–Crippen MR) is 64.9 cm³/mol. The molecule has 6 heteroatoms. The molecule has 2 aromatic rings. The fourth-order valence-electron chi connectivity index (χ4n) is 1.27. The number of aromatic nitrogens is 2. The Kier molecular flexibility index (Phi) is 3.63. The largest absolute Gasteiger partial charge is 0.365 e. The van der Waals surface area contributed by atoms with Gasteiger partial charge in [0.15, 0.2) is 4.34 Å². The van der Waals surface area contributed by atoms with Crippen LogP contribution in [0.2, 0.25) is 0 Å². The van der Waals surface area contributed by atoms with Crippen LogP contribution in [0.5, 0.6) is 0 Å². The molecule has 2 heterocycles. The minimum absolute atomic E-state index is 0.328. The Morgan fingerprint density at radius 2 is 2.44 bits per heavy atom. The molecule has 0 amide bonds. The molecular formula is C10H12N2O2S2. The van der Waals surface area contributed by atoms with Gasteiger partial charge in [0, 0.05) is 12.8 Å². The van der Waals surface area contributed by atoms with Crippen molar-refractivity contribution in [3.63, 3.8) is 0 Å². The molecule has 0 spiro atoms. The normalized spacial score (nSPS) is 15.1. The average Bonchev–Trinajstić information content (AvgIpc) is 2.71. The van der Waals surface area contributed by atoms with Crippen LogP contribution in [-0.2, 0) is 15.5 Å². The molecule has 0 aliphatic rings. The summed E-state index contributed by atoms with van der Waals surface area (Å²) in [6.45, 7) is 4.22. The van der Waals surface area contributed by atoms with Crippen LogP contribution < -0.4 is 0 Å². The molecule has 0 saturated heterocycles. The van der Waals surface area contributed by atoms with Crippen molar-refractivity contribution >= 4 is 32.5 Å². The lowest BCUT2D eigenvalue weighted by Crippen LogP contribution is -2.14. The van der Waals surface area contributed by atoms with Crippen molar-refractivity contribution in [2.45, 2.75) is 23.6 Å².